The molecule has 0 bridgehead atoms. The lowest BCUT2D eigenvalue weighted by molar-refractivity contribution is -0.135. The van der Waals surface area contributed by atoms with Crippen LogP contribution in [-0.4, -0.2) is 52.7 Å². The van der Waals surface area contributed by atoms with Crippen molar-refractivity contribution < 1.29 is 38.0 Å². The van der Waals surface area contributed by atoms with E-state index >= 15 is 0 Å². The number of carbonyl (C=O) groups excluding carboxylic acids is 1. The Labute approximate surface area is 187 Å². The van der Waals surface area contributed by atoms with Crippen LogP contribution in [0.25, 0.3) is 6.08 Å². The summed E-state index contributed by atoms with van der Waals surface area (Å²) in [6, 6.07) is 5.06. The molecule has 0 radical (unpaired) electrons. The largest absolute Gasteiger partial charge is 0.498 e. The molecule has 0 atom stereocenters. The fourth-order valence-electron chi connectivity index (χ4n) is 2.31. The van der Waals surface area contributed by atoms with Crippen LogP contribution in [0, 0.1) is 11.3 Å². The van der Waals surface area contributed by atoms with Crippen LogP contribution in [0.15, 0.2) is 56.2 Å². The monoisotopic (exact) mass is 445 g/mol. The molecular weight excluding hydrogens is 418 g/mol. The van der Waals surface area contributed by atoms with Crippen molar-refractivity contribution in [1.82, 2.24) is 0 Å². The zero-order valence-corrected chi connectivity index (χ0v) is 18.0. The van der Waals surface area contributed by atoms with Gasteiger partial charge in [-0.3, -0.25) is 0 Å². The van der Waals surface area contributed by atoms with E-state index in [-0.39, 0.29) is 56.7 Å². The van der Waals surface area contributed by atoms with Gasteiger partial charge in [0.1, 0.15) is 51.3 Å². The number of esters is 1. The van der Waals surface area contributed by atoms with Crippen LogP contribution in [0.5, 0.6) is 17.2 Å². The maximum atomic E-state index is 11.9. The standard InChI is InChI=1S/C23H27NO8/c1-5-27-10-13-30-20-9-8-18(16-19(17-24)23(25)26-4)21(31-14-11-28-6-2)22(20)32-15-12-29-7-3/h5-9,16H,1-3,10-15H2,4H3. The molecular formula is C23H27NO8. The van der Waals surface area contributed by atoms with Gasteiger partial charge in [0.15, 0.2) is 11.5 Å². The van der Waals surface area contributed by atoms with Crippen LogP contribution < -0.4 is 14.2 Å². The van der Waals surface area contributed by atoms with E-state index in [4.69, 9.17) is 28.4 Å². The minimum absolute atomic E-state index is 0.134. The summed E-state index contributed by atoms with van der Waals surface area (Å²) in [5.74, 6) is 0.0858. The number of carbonyl (C=O) groups is 1. The second-order valence-corrected chi connectivity index (χ2v) is 5.63. The Morgan fingerprint density at radius 1 is 0.875 bits per heavy atom. The second-order valence-electron chi connectivity index (χ2n) is 5.63. The molecule has 0 saturated heterocycles. The number of nitrogens with zero attached hydrogens (tertiary/aromatic N) is 1. The maximum Gasteiger partial charge on any atom is 0.348 e. The Balaban J connectivity index is 3.38. The van der Waals surface area contributed by atoms with Gasteiger partial charge in [-0.15, -0.1) is 0 Å². The van der Waals surface area contributed by atoms with Crippen molar-refractivity contribution in [3.8, 4) is 23.3 Å². The molecule has 0 spiro atoms. The van der Waals surface area contributed by atoms with E-state index in [9.17, 15) is 10.1 Å². The van der Waals surface area contributed by atoms with Gasteiger partial charge in [0.25, 0.3) is 0 Å². The summed E-state index contributed by atoms with van der Waals surface area (Å²) in [6.07, 6.45) is 5.24. The summed E-state index contributed by atoms with van der Waals surface area (Å²) in [6.45, 7) is 11.7. The average molecular weight is 445 g/mol. The number of rotatable bonds is 17. The second kappa shape index (κ2) is 15.7. The van der Waals surface area contributed by atoms with Gasteiger partial charge >= 0.3 is 5.97 Å². The first-order valence-electron chi connectivity index (χ1n) is 9.55. The summed E-state index contributed by atoms with van der Waals surface area (Å²) in [5.41, 5.74) is 0.188. The molecule has 0 heterocycles. The summed E-state index contributed by atoms with van der Waals surface area (Å²) in [4.78, 5) is 11.9. The van der Waals surface area contributed by atoms with Crippen LogP contribution in [0.2, 0.25) is 0 Å². The van der Waals surface area contributed by atoms with Gasteiger partial charge in [0.05, 0.1) is 25.9 Å². The summed E-state index contributed by atoms with van der Waals surface area (Å²) >= 11 is 0. The van der Waals surface area contributed by atoms with E-state index in [1.165, 1.54) is 32.0 Å². The van der Waals surface area contributed by atoms with Crippen molar-refractivity contribution in [2.24, 2.45) is 0 Å². The van der Waals surface area contributed by atoms with Gasteiger partial charge in [-0.1, -0.05) is 19.7 Å². The van der Waals surface area contributed by atoms with E-state index in [1.54, 1.807) is 12.1 Å². The molecule has 0 fully saturated rings. The van der Waals surface area contributed by atoms with Gasteiger partial charge in [-0.05, 0) is 18.2 Å². The molecule has 0 N–H and O–H groups in total. The quantitative estimate of drug-likeness (QED) is 0.117. The van der Waals surface area contributed by atoms with E-state index < -0.39 is 5.97 Å². The Morgan fingerprint density at radius 3 is 1.91 bits per heavy atom. The molecule has 0 saturated carbocycles. The highest BCUT2D eigenvalue weighted by atomic mass is 16.6. The Hall–Kier alpha value is -4.06. The van der Waals surface area contributed by atoms with Gasteiger partial charge in [0.2, 0.25) is 5.75 Å². The zero-order valence-electron chi connectivity index (χ0n) is 18.0. The van der Waals surface area contributed by atoms with Gasteiger partial charge in [-0.2, -0.15) is 5.26 Å². The predicted octanol–water partition coefficient (Wildman–Crippen LogP) is 3.38. The van der Waals surface area contributed by atoms with Gasteiger partial charge in [0, 0.05) is 5.56 Å². The smallest absolute Gasteiger partial charge is 0.348 e. The average Bonchev–Trinajstić information content (AvgIpc) is 2.81. The lowest BCUT2D eigenvalue weighted by Gasteiger charge is -2.19. The number of nitriles is 1. The van der Waals surface area contributed by atoms with Crippen LogP contribution >= 0.6 is 0 Å². The van der Waals surface area contributed by atoms with Crippen molar-refractivity contribution in [3.63, 3.8) is 0 Å². The Kier molecular flexibility index (Phi) is 12.8. The fourth-order valence-corrected chi connectivity index (χ4v) is 2.31. The van der Waals surface area contributed by atoms with Crippen molar-refractivity contribution in [3.05, 3.63) is 61.8 Å². The third-order valence-corrected chi connectivity index (χ3v) is 3.64. The summed E-state index contributed by atoms with van der Waals surface area (Å²) in [5, 5.41) is 9.32. The lowest BCUT2D eigenvalue weighted by Crippen LogP contribution is -2.12. The molecule has 1 aromatic carbocycles. The van der Waals surface area contributed by atoms with Crippen LogP contribution in [0.1, 0.15) is 5.56 Å². The maximum absolute atomic E-state index is 11.9. The van der Waals surface area contributed by atoms with Crippen LogP contribution in [-0.2, 0) is 23.7 Å². The predicted molar refractivity (Wildman–Crippen MR) is 117 cm³/mol. The molecule has 9 heteroatoms. The van der Waals surface area contributed by atoms with Crippen molar-refractivity contribution >= 4 is 12.0 Å². The summed E-state index contributed by atoms with van der Waals surface area (Å²) in [7, 11) is 1.19. The first-order chi connectivity index (χ1) is 15.6. The van der Waals surface area contributed by atoms with E-state index in [1.807, 2.05) is 6.07 Å². The highest BCUT2D eigenvalue weighted by molar-refractivity contribution is 5.98. The molecule has 32 heavy (non-hydrogen) atoms. The first kappa shape index (κ1) is 26.0. The van der Waals surface area contributed by atoms with Crippen LogP contribution in [0.3, 0.4) is 0 Å². The molecule has 0 aliphatic carbocycles. The molecule has 0 unspecified atom stereocenters. The molecule has 1 aromatic rings. The number of hydrogen-bond donors (Lipinski definition) is 0. The number of benzene rings is 1. The minimum Gasteiger partial charge on any atom is -0.498 e. The third-order valence-electron chi connectivity index (χ3n) is 3.64. The first-order valence-corrected chi connectivity index (χ1v) is 9.55. The molecule has 172 valence electrons. The molecule has 1 rings (SSSR count). The topological polar surface area (TPSA) is 105 Å². The number of ether oxygens (including phenoxy) is 7. The highest BCUT2D eigenvalue weighted by Crippen LogP contribution is 2.41. The number of hydrogen-bond acceptors (Lipinski definition) is 9. The number of methoxy groups -OCH3 is 1. The van der Waals surface area contributed by atoms with Gasteiger partial charge in [-0.25, -0.2) is 4.79 Å². The van der Waals surface area contributed by atoms with E-state index in [0.29, 0.717) is 11.3 Å². The van der Waals surface area contributed by atoms with Gasteiger partial charge < -0.3 is 33.2 Å². The molecule has 0 amide bonds. The molecule has 0 aromatic heterocycles. The molecule has 0 aliphatic rings. The molecule has 0 aliphatic heterocycles. The summed E-state index contributed by atoms with van der Waals surface area (Å²) < 4.78 is 37.4. The highest BCUT2D eigenvalue weighted by Gasteiger charge is 2.19. The lowest BCUT2D eigenvalue weighted by atomic mass is 10.1. The van der Waals surface area contributed by atoms with Crippen molar-refractivity contribution in [2.75, 3.05) is 46.8 Å². The third kappa shape index (κ3) is 8.75. The zero-order chi connectivity index (χ0) is 23.6. The Morgan fingerprint density at radius 2 is 1.41 bits per heavy atom. The van der Waals surface area contributed by atoms with Crippen molar-refractivity contribution in [2.45, 2.75) is 0 Å². The Bertz CT molecular complexity index is 841. The fraction of sp³-hybridized carbons (Fsp3) is 0.304. The SMILES string of the molecule is C=COCCOc1ccc(C=C(C#N)C(=O)OC)c(OCCOC=C)c1OCCOC=C. The van der Waals surface area contributed by atoms with E-state index in [0.717, 1.165) is 0 Å². The molecule has 9 nitrogen and oxygen atoms in total. The normalized spacial score (nSPS) is 10.2. The minimum atomic E-state index is -0.780. The van der Waals surface area contributed by atoms with E-state index in [2.05, 4.69) is 24.5 Å². The van der Waals surface area contributed by atoms with Crippen molar-refractivity contribution in [1.29, 1.82) is 5.26 Å². The van der Waals surface area contributed by atoms with Crippen LogP contribution in [0.4, 0.5) is 0 Å².